The highest BCUT2D eigenvalue weighted by Crippen LogP contribution is 2.32. The number of sulfonamides is 1. The molecule has 1 rings (SSSR count). The lowest BCUT2D eigenvalue weighted by molar-refractivity contribution is 0.317. The van der Waals surface area contributed by atoms with Gasteiger partial charge < -0.3 is 0 Å². The summed E-state index contributed by atoms with van der Waals surface area (Å²) >= 11 is 3.34. The normalized spacial score (nSPS) is 17.3. The van der Waals surface area contributed by atoms with Crippen molar-refractivity contribution in [2.45, 2.75) is 45.6 Å². The highest BCUT2D eigenvalue weighted by Gasteiger charge is 2.34. The summed E-state index contributed by atoms with van der Waals surface area (Å²) in [5.74, 6) is 0.786. The average Bonchev–Trinajstić information content (AvgIpc) is 3.01. The molecule has 1 fully saturated rings. The van der Waals surface area contributed by atoms with E-state index >= 15 is 0 Å². The summed E-state index contributed by atoms with van der Waals surface area (Å²) < 4.78 is 26.2. The maximum Gasteiger partial charge on any atom is 0.214 e. The molecule has 5 heteroatoms. The lowest BCUT2D eigenvalue weighted by Gasteiger charge is -2.29. The molecule has 0 aromatic heterocycles. The van der Waals surface area contributed by atoms with E-state index in [1.807, 2.05) is 0 Å². The van der Waals surface area contributed by atoms with Gasteiger partial charge in [0.05, 0.1) is 5.75 Å². The van der Waals surface area contributed by atoms with Crippen LogP contribution in [0.3, 0.4) is 0 Å². The van der Waals surface area contributed by atoms with E-state index in [0.717, 1.165) is 25.7 Å². The molecule has 0 unspecified atom stereocenters. The van der Waals surface area contributed by atoms with E-state index in [0.29, 0.717) is 23.5 Å². The fraction of sp³-hybridized carbons (Fsp3) is 1.00. The van der Waals surface area contributed by atoms with Gasteiger partial charge in [-0.15, -0.1) is 0 Å². The van der Waals surface area contributed by atoms with E-state index < -0.39 is 10.0 Å². The summed E-state index contributed by atoms with van der Waals surface area (Å²) in [6.07, 6.45) is 3.97. The van der Waals surface area contributed by atoms with Crippen molar-refractivity contribution in [3.8, 4) is 0 Å². The molecule has 0 spiro atoms. The quantitative estimate of drug-likeness (QED) is 0.646. The molecule has 0 atom stereocenters. The van der Waals surface area contributed by atoms with Crippen LogP contribution in [-0.4, -0.2) is 36.4 Å². The number of alkyl halides is 1. The van der Waals surface area contributed by atoms with Crippen LogP contribution >= 0.6 is 15.9 Å². The van der Waals surface area contributed by atoms with Crippen LogP contribution in [0.25, 0.3) is 0 Å². The second-order valence-electron chi connectivity index (χ2n) is 4.49. The van der Waals surface area contributed by atoms with Gasteiger partial charge >= 0.3 is 0 Å². The van der Waals surface area contributed by atoms with E-state index in [9.17, 15) is 8.42 Å². The van der Waals surface area contributed by atoms with Crippen LogP contribution in [0.4, 0.5) is 0 Å². The van der Waals surface area contributed by atoms with Gasteiger partial charge in [-0.2, -0.15) is 4.31 Å². The molecule has 0 amide bonds. The summed E-state index contributed by atoms with van der Waals surface area (Å²) in [6, 6.07) is 0.168. The number of nitrogens with zero attached hydrogens (tertiary/aromatic N) is 1. The monoisotopic (exact) mass is 311 g/mol. The Balaban J connectivity index is 2.72. The zero-order valence-corrected chi connectivity index (χ0v) is 12.6. The van der Waals surface area contributed by atoms with Crippen LogP contribution in [-0.2, 0) is 10.0 Å². The van der Waals surface area contributed by atoms with E-state index in [1.54, 1.807) is 4.31 Å². The SMILES string of the molecule is CCC(CC)N(CCBr)S(=O)(=O)CC1CC1. The molecule has 1 saturated carbocycles. The standard InChI is InChI=1S/C11H22BrNO2S/c1-3-11(4-2)13(8-7-12)16(14,15)9-10-5-6-10/h10-11H,3-9H2,1-2H3. The number of rotatable bonds is 8. The van der Waals surface area contributed by atoms with Crippen molar-refractivity contribution in [3.05, 3.63) is 0 Å². The van der Waals surface area contributed by atoms with Crippen LogP contribution in [0, 0.1) is 5.92 Å². The Labute approximate surface area is 108 Å². The number of halogens is 1. The molecule has 0 aromatic rings. The largest absolute Gasteiger partial charge is 0.214 e. The van der Waals surface area contributed by atoms with Gasteiger partial charge in [-0.3, -0.25) is 0 Å². The summed E-state index contributed by atoms with van der Waals surface area (Å²) in [6.45, 7) is 4.71. The van der Waals surface area contributed by atoms with E-state index in [2.05, 4.69) is 29.8 Å². The topological polar surface area (TPSA) is 37.4 Å². The second-order valence-corrected chi connectivity index (χ2v) is 7.25. The first-order valence-electron chi connectivity index (χ1n) is 6.10. The molecule has 1 aliphatic rings. The highest BCUT2D eigenvalue weighted by molar-refractivity contribution is 9.09. The lowest BCUT2D eigenvalue weighted by atomic mass is 10.2. The first-order valence-corrected chi connectivity index (χ1v) is 8.83. The molecule has 0 heterocycles. The van der Waals surface area contributed by atoms with Crippen LogP contribution in [0.1, 0.15) is 39.5 Å². The first kappa shape index (κ1) is 14.5. The third-order valence-electron chi connectivity index (χ3n) is 3.16. The van der Waals surface area contributed by atoms with Gasteiger partial charge in [0.15, 0.2) is 0 Å². The lowest BCUT2D eigenvalue weighted by Crippen LogP contribution is -2.42. The Bertz CT molecular complexity index is 297. The molecule has 16 heavy (non-hydrogen) atoms. The molecule has 96 valence electrons. The van der Waals surface area contributed by atoms with E-state index in [1.165, 1.54) is 0 Å². The Morgan fingerprint density at radius 2 is 1.88 bits per heavy atom. The highest BCUT2D eigenvalue weighted by atomic mass is 79.9. The molecular formula is C11H22BrNO2S. The van der Waals surface area contributed by atoms with Crippen molar-refractivity contribution in [1.29, 1.82) is 0 Å². The molecule has 0 aromatic carbocycles. The smallest absolute Gasteiger partial charge is 0.212 e. The van der Waals surface area contributed by atoms with Gasteiger partial charge in [0.2, 0.25) is 10.0 Å². The predicted molar refractivity (Wildman–Crippen MR) is 71.4 cm³/mol. The third-order valence-corrected chi connectivity index (χ3v) is 5.60. The molecule has 1 aliphatic carbocycles. The number of hydrogen-bond acceptors (Lipinski definition) is 2. The Morgan fingerprint density at radius 1 is 1.31 bits per heavy atom. The minimum absolute atomic E-state index is 0.168. The van der Waals surface area contributed by atoms with Crippen molar-refractivity contribution < 1.29 is 8.42 Å². The molecule has 0 radical (unpaired) electrons. The van der Waals surface area contributed by atoms with Crippen molar-refractivity contribution in [1.82, 2.24) is 4.31 Å². The summed E-state index contributed by atoms with van der Waals surface area (Å²) in [4.78, 5) is 0. The second kappa shape index (κ2) is 6.36. The van der Waals surface area contributed by atoms with Gasteiger partial charge in [0.25, 0.3) is 0 Å². The predicted octanol–water partition coefficient (Wildman–Crippen LogP) is 2.61. The Kier molecular flexibility index (Phi) is 5.74. The van der Waals surface area contributed by atoms with Crippen LogP contribution in [0.5, 0.6) is 0 Å². The maximum atomic E-state index is 12.2. The van der Waals surface area contributed by atoms with Gasteiger partial charge in [-0.1, -0.05) is 29.8 Å². The van der Waals surface area contributed by atoms with Crippen molar-refractivity contribution in [2.24, 2.45) is 5.92 Å². The molecular weight excluding hydrogens is 290 g/mol. The van der Waals surface area contributed by atoms with Crippen LogP contribution in [0.2, 0.25) is 0 Å². The zero-order valence-electron chi connectivity index (χ0n) is 10.2. The molecule has 0 saturated heterocycles. The zero-order chi connectivity index (χ0) is 12.2. The van der Waals surface area contributed by atoms with Crippen molar-refractivity contribution in [2.75, 3.05) is 17.6 Å². The van der Waals surface area contributed by atoms with Crippen molar-refractivity contribution >= 4 is 26.0 Å². The molecule has 0 N–H and O–H groups in total. The van der Waals surface area contributed by atoms with Gasteiger partial charge in [0, 0.05) is 17.9 Å². The maximum absolute atomic E-state index is 12.2. The van der Waals surface area contributed by atoms with Gasteiger partial charge in [-0.05, 0) is 31.6 Å². The number of hydrogen-bond donors (Lipinski definition) is 0. The minimum Gasteiger partial charge on any atom is -0.212 e. The fourth-order valence-electron chi connectivity index (χ4n) is 2.01. The average molecular weight is 312 g/mol. The van der Waals surface area contributed by atoms with Crippen molar-refractivity contribution in [3.63, 3.8) is 0 Å². The first-order chi connectivity index (χ1) is 7.55. The van der Waals surface area contributed by atoms with Gasteiger partial charge in [0.1, 0.15) is 0 Å². The Hall–Kier alpha value is 0.390. The van der Waals surface area contributed by atoms with E-state index in [4.69, 9.17) is 0 Å². The Morgan fingerprint density at radius 3 is 2.25 bits per heavy atom. The fourth-order valence-corrected chi connectivity index (χ4v) is 4.87. The van der Waals surface area contributed by atoms with E-state index in [-0.39, 0.29) is 6.04 Å². The summed E-state index contributed by atoms with van der Waals surface area (Å²) in [5, 5.41) is 0.716. The third kappa shape index (κ3) is 4.00. The molecule has 0 aliphatic heterocycles. The van der Waals surface area contributed by atoms with Crippen LogP contribution < -0.4 is 0 Å². The molecule has 3 nitrogen and oxygen atoms in total. The summed E-state index contributed by atoms with van der Waals surface area (Å²) in [7, 11) is -3.04. The van der Waals surface area contributed by atoms with Gasteiger partial charge in [-0.25, -0.2) is 8.42 Å². The molecule has 0 bridgehead atoms. The minimum atomic E-state index is -3.04. The van der Waals surface area contributed by atoms with Crippen LogP contribution in [0.15, 0.2) is 0 Å². The summed E-state index contributed by atoms with van der Waals surface area (Å²) in [5.41, 5.74) is 0.